The standard InChI is InChI=1S/C22H44O5Si/c1-6-25-28(26-7-2,27-8-3)20-18-16-14-12-10-9-11-13-15-17-19-24-22(23)21(4)5/h4,6-20H2,1-3,5H3. The average molecular weight is 417 g/mol. The minimum absolute atomic E-state index is 0.274. The average Bonchev–Trinajstić information content (AvgIpc) is 2.65. The first-order valence-corrected chi connectivity index (χ1v) is 13.2. The maximum absolute atomic E-state index is 11.2. The second-order valence-corrected chi connectivity index (χ2v) is 9.92. The van der Waals surface area contributed by atoms with Gasteiger partial charge in [-0.1, -0.05) is 57.9 Å². The molecular formula is C22H44O5Si. The number of unbranched alkanes of at least 4 members (excludes halogenated alkanes) is 9. The van der Waals surface area contributed by atoms with Crippen LogP contribution in [0.15, 0.2) is 12.2 Å². The van der Waals surface area contributed by atoms with Gasteiger partial charge in [0, 0.05) is 31.4 Å². The largest absolute Gasteiger partial charge is 0.500 e. The molecule has 0 spiro atoms. The predicted octanol–water partition coefficient (Wildman–Crippen LogP) is 6.06. The van der Waals surface area contributed by atoms with E-state index in [0.29, 0.717) is 32.0 Å². The lowest BCUT2D eigenvalue weighted by atomic mass is 10.1. The molecule has 0 amide bonds. The first kappa shape index (κ1) is 27.3. The van der Waals surface area contributed by atoms with Crippen molar-refractivity contribution in [3.8, 4) is 0 Å². The topological polar surface area (TPSA) is 54.0 Å². The highest BCUT2D eigenvalue weighted by atomic mass is 28.4. The summed E-state index contributed by atoms with van der Waals surface area (Å²) in [5, 5.41) is 0. The molecule has 0 atom stereocenters. The van der Waals surface area contributed by atoms with Crippen molar-refractivity contribution in [1.29, 1.82) is 0 Å². The van der Waals surface area contributed by atoms with Gasteiger partial charge >= 0.3 is 14.8 Å². The van der Waals surface area contributed by atoms with Crippen LogP contribution in [0.4, 0.5) is 0 Å². The van der Waals surface area contributed by atoms with E-state index < -0.39 is 8.80 Å². The van der Waals surface area contributed by atoms with E-state index in [2.05, 4.69) is 6.58 Å². The zero-order valence-electron chi connectivity index (χ0n) is 18.9. The van der Waals surface area contributed by atoms with Gasteiger partial charge < -0.3 is 18.0 Å². The molecule has 0 heterocycles. The molecule has 0 aliphatic rings. The SMILES string of the molecule is C=C(C)C(=O)OCCCCCCCCCCCC[Si](OCC)(OCC)OCC. The normalized spacial score (nSPS) is 11.6. The van der Waals surface area contributed by atoms with E-state index in [1.807, 2.05) is 20.8 Å². The van der Waals surface area contributed by atoms with Crippen LogP contribution in [0.5, 0.6) is 0 Å². The van der Waals surface area contributed by atoms with E-state index in [9.17, 15) is 4.79 Å². The van der Waals surface area contributed by atoms with Crippen LogP contribution in [0, 0.1) is 0 Å². The third-order valence-corrected chi connectivity index (χ3v) is 7.70. The Kier molecular flexibility index (Phi) is 17.9. The Bertz CT molecular complexity index is 383. The summed E-state index contributed by atoms with van der Waals surface area (Å²) in [5.41, 5.74) is 0.474. The number of rotatable bonds is 20. The van der Waals surface area contributed by atoms with Crippen LogP contribution >= 0.6 is 0 Å². The molecule has 0 aliphatic heterocycles. The molecule has 0 aromatic rings. The fourth-order valence-electron chi connectivity index (χ4n) is 3.15. The van der Waals surface area contributed by atoms with Crippen LogP contribution < -0.4 is 0 Å². The van der Waals surface area contributed by atoms with E-state index in [-0.39, 0.29) is 5.97 Å². The third-order valence-electron chi connectivity index (χ3n) is 4.55. The highest BCUT2D eigenvalue weighted by molar-refractivity contribution is 6.60. The molecule has 0 saturated carbocycles. The lowest BCUT2D eigenvalue weighted by Crippen LogP contribution is -2.45. The van der Waals surface area contributed by atoms with Gasteiger partial charge in [-0.3, -0.25) is 0 Å². The third kappa shape index (κ3) is 14.3. The Morgan fingerprint density at radius 1 is 0.714 bits per heavy atom. The Morgan fingerprint density at radius 3 is 1.50 bits per heavy atom. The molecule has 0 fully saturated rings. The van der Waals surface area contributed by atoms with Crippen LogP contribution in [-0.2, 0) is 22.8 Å². The predicted molar refractivity (Wildman–Crippen MR) is 117 cm³/mol. The molecule has 166 valence electrons. The summed E-state index contributed by atoms with van der Waals surface area (Å²) in [7, 11) is -2.44. The summed E-state index contributed by atoms with van der Waals surface area (Å²) in [5.74, 6) is -0.274. The van der Waals surface area contributed by atoms with Gasteiger partial charge in [0.05, 0.1) is 6.61 Å². The minimum Gasteiger partial charge on any atom is -0.462 e. The highest BCUT2D eigenvalue weighted by Crippen LogP contribution is 2.21. The summed E-state index contributed by atoms with van der Waals surface area (Å²) in [6.07, 6.45) is 12.1. The molecule has 0 unspecified atom stereocenters. The number of esters is 1. The van der Waals surface area contributed by atoms with Crippen molar-refractivity contribution in [3.05, 3.63) is 12.2 Å². The van der Waals surface area contributed by atoms with Crippen molar-refractivity contribution in [1.82, 2.24) is 0 Å². The van der Waals surface area contributed by atoms with Crippen LogP contribution in [0.25, 0.3) is 0 Å². The fraction of sp³-hybridized carbons (Fsp3) is 0.864. The zero-order chi connectivity index (χ0) is 21.1. The second-order valence-electron chi connectivity index (χ2n) is 7.18. The van der Waals surface area contributed by atoms with E-state index in [1.54, 1.807) is 6.92 Å². The lowest BCUT2D eigenvalue weighted by molar-refractivity contribution is -0.139. The van der Waals surface area contributed by atoms with E-state index in [1.165, 1.54) is 44.9 Å². The van der Waals surface area contributed by atoms with Crippen LogP contribution in [0.1, 0.15) is 91.9 Å². The minimum atomic E-state index is -2.44. The summed E-state index contributed by atoms with van der Waals surface area (Å²) < 4.78 is 22.8. The molecule has 0 radical (unpaired) electrons. The van der Waals surface area contributed by atoms with Gasteiger partial charge in [-0.05, 0) is 40.5 Å². The quantitative estimate of drug-likeness (QED) is 0.105. The maximum atomic E-state index is 11.2. The van der Waals surface area contributed by atoms with Crippen molar-refractivity contribution in [2.45, 2.75) is 97.9 Å². The zero-order valence-corrected chi connectivity index (χ0v) is 19.9. The number of carbonyl (C=O) groups is 1. The van der Waals surface area contributed by atoms with Crippen molar-refractivity contribution in [2.75, 3.05) is 26.4 Å². The summed E-state index contributed by atoms with van der Waals surface area (Å²) in [4.78, 5) is 11.2. The first-order valence-electron chi connectivity index (χ1n) is 11.3. The molecule has 5 nitrogen and oxygen atoms in total. The molecule has 28 heavy (non-hydrogen) atoms. The smallest absolute Gasteiger partial charge is 0.462 e. The Balaban J connectivity index is 3.58. The van der Waals surface area contributed by atoms with E-state index >= 15 is 0 Å². The van der Waals surface area contributed by atoms with E-state index in [0.717, 1.165) is 25.3 Å². The monoisotopic (exact) mass is 416 g/mol. The Hall–Kier alpha value is -0.693. The number of hydrogen-bond donors (Lipinski definition) is 0. The first-order chi connectivity index (χ1) is 13.5. The molecule has 0 saturated heterocycles. The summed E-state index contributed by atoms with van der Waals surface area (Å²) in [6.45, 7) is 13.8. The van der Waals surface area contributed by atoms with Gasteiger partial charge in [-0.2, -0.15) is 0 Å². The molecule has 0 rings (SSSR count). The second kappa shape index (κ2) is 18.3. The van der Waals surface area contributed by atoms with Crippen molar-refractivity contribution in [3.63, 3.8) is 0 Å². The maximum Gasteiger partial charge on any atom is 0.500 e. The van der Waals surface area contributed by atoms with Crippen molar-refractivity contribution < 1.29 is 22.8 Å². The molecule has 0 N–H and O–H groups in total. The van der Waals surface area contributed by atoms with Gasteiger partial charge in [0.25, 0.3) is 0 Å². The highest BCUT2D eigenvalue weighted by Gasteiger charge is 2.39. The molecule has 0 aliphatic carbocycles. The van der Waals surface area contributed by atoms with Crippen LogP contribution in [-0.4, -0.2) is 41.2 Å². The molecule has 0 aromatic heterocycles. The van der Waals surface area contributed by atoms with Crippen molar-refractivity contribution in [2.24, 2.45) is 0 Å². The van der Waals surface area contributed by atoms with Gasteiger partial charge in [0.15, 0.2) is 0 Å². The summed E-state index contributed by atoms with van der Waals surface area (Å²) in [6, 6.07) is 0.929. The molecular weight excluding hydrogens is 372 g/mol. The molecule has 0 bridgehead atoms. The fourth-order valence-corrected chi connectivity index (χ4v) is 5.83. The lowest BCUT2D eigenvalue weighted by Gasteiger charge is -2.28. The Morgan fingerprint density at radius 2 is 1.11 bits per heavy atom. The van der Waals surface area contributed by atoms with Crippen LogP contribution in [0.3, 0.4) is 0 Å². The van der Waals surface area contributed by atoms with Crippen molar-refractivity contribution >= 4 is 14.8 Å². The van der Waals surface area contributed by atoms with Gasteiger partial charge in [0.1, 0.15) is 0 Å². The molecule has 0 aromatic carbocycles. The van der Waals surface area contributed by atoms with E-state index in [4.69, 9.17) is 18.0 Å². The number of hydrogen-bond acceptors (Lipinski definition) is 5. The van der Waals surface area contributed by atoms with Gasteiger partial charge in [-0.25, -0.2) is 4.79 Å². The summed E-state index contributed by atoms with van der Waals surface area (Å²) >= 11 is 0. The van der Waals surface area contributed by atoms with Gasteiger partial charge in [0.2, 0.25) is 0 Å². The Labute approximate surface area is 174 Å². The number of ether oxygens (including phenoxy) is 1. The molecule has 6 heteroatoms. The van der Waals surface area contributed by atoms with Gasteiger partial charge in [-0.15, -0.1) is 0 Å². The van der Waals surface area contributed by atoms with Crippen LogP contribution in [0.2, 0.25) is 6.04 Å². The number of carbonyl (C=O) groups excluding carboxylic acids is 1.